The predicted octanol–water partition coefficient (Wildman–Crippen LogP) is 3.93. The minimum Gasteiger partial charge on any atom is -0.336 e. The topological polar surface area (TPSA) is 57.3 Å². The summed E-state index contributed by atoms with van der Waals surface area (Å²) in [4.78, 5) is 19.3. The number of para-hydroxylation sites is 1. The molecule has 1 aliphatic heterocycles. The Hall–Kier alpha value is -2.44. The van der Waals surface area contributed by atoms with E-state index in [1.165, 1.54) is 18.4 Å². The number of rotatable bonds is 6. The molecule has 0 bridgehead atoms. The number of carbonyl (C=O) groups is 1. The molecule has 2 amide bonds. The molecule has 2 heterocycles. The molecule has 1 aliphatic rings. The Kier molecular flexibility index (Phi) is 5.65. The zero-order valence-corrected chi connectivity index (χ0v) is 16.0. The van der Waals surface area contributed by atoms with Crippen molar-refractivity contribution in [2.24, 2.45) is 0 Å². The van der Waals surface area contributed by atoms with Crippen molar-refractivity contribution in [2.45, 2.75) is 25.4 Å². The van der Waals surface area contributed by atoms with Crippen LogP contribution in [0, 0.1) is 0 Å². The third kappa shape index (κ3) is 4.46. The fourth-order valence-electron chi connectivity index (χ4n) is 3.59. The van der Waals surface area contributed by atoms with Gasteiger partial charge in [0, 0.05) is 6.54 Å². The number of hydrogen-bond donors (Lipinski definition) is 2. The first-order chi connectivity index (χ1) is 13.3. The van der Waals surface area contributed by atoms with Gasteiger partial charge in [-0.05, 0) is 43.6 Å². The third-order valence-electron chi connectivity index (χ3n) is 4.96. The highest BCUT2D eigenvalue weighted by Crippen LogP contribution is 2.24. The van der Waals surface area contributed by atoms with Gasteiger partial charge in [0.25, 0.3) is 0 Å². The first-order valence-corrected chi connectivity index (χ1v) is 10.3. The molecule has 0 radical (unpaired) electrons. The molecular weight excluding hydrogens is 356 g/mol. The van der Waals surface area contributed by atoms with Crippen molar-refractivity contribution < 1.29 is 4.79 Å². The van der Waals surface area contributed by atoms with Crippen molar-refractivity contribution in [1.82, 2.24) is 20.5 Å². The van der Waals surface area contributed by atoms with Gasteiger partial charge in [0.05, 0.1) is 22.8 Å². The Morgan fingerprint density at radius 1 is 1.04 bits per heavy atom. The number of amides is 2. The molecule has 1 unspecified atom stereocenters. The first kappa shape index (κ1) is 17.9. The summed E-state index contributed by atoms with van der Waals surface area (Å²) in [5.74, 6) is 0. The Morgan fingerprint density at radius 3 is 2.56 bits per heavy atom. The van der Waals surface area contributed by atoms with Crippen molar-refractivity contribution in [3.05, 3.63) is 65.2 Å². The van der Waals surface area contributed by atoms with Crippen LogP contribution in [0.3, 0.4) is 0 Å². The van der Waals surface area contributed by atoms with Crippen LogP contribution in [0.4, 0.5) is 4.79 Å². The highest BCUT2D eigenvalue weighted by molar-refractivity contribution is 7.18. The number of benzene rings is 2. The number of thiazole rings is 1. The summed E-state index contributed by atoms with van der Waals surface area (Å²) in [6.45, 7) is 3.24. The number of urea groups is 1. The van der Waals surface area contributed by atoms with E-state index >= 15 is 0 Å². The Labute approximate surface area is 163 Å². The normalized spacial score (nSPS) is 15.7. The highest BCUT2D eigenvalue weighted by atomic mass is 32.1. The minimum atomic E-state index is -0.144. The van der Waals surface area contributed by atoms with Crippen LogP contribution in [0.5, 0.6) is 0 Å². The molecule has 1 fully saturated rings. The van der Waals surface area contributed by atoms with Gasteiger partial charge in [0.1, 0.15) is 5.01 Å². The summed E-state index contributed by atoms with van der Waals surface area (Å²) in [5, 5.41) is 6.91. The average Bonchev–Trinajstić information content (AvgIpc) is 3.37. The molecule has 0 aliphatic carbocycles. The maximum atomic E-state index is 12.3. The van der Waals surface area contributed by atoms with Crippen LogP contribution >= 0.6 is 11.3 Å². The Morgan fingerprint density at radius 2 is 1.78 bits per heavy atom. The Balaban J connectivity index is 1.33. The van der Waals surface area contributed by atoms with Crippen molar-refractivity contribution in [3.8, 4) is 0 Å². The summed E-state index contributed by atoms with van der Waals surface area (Å²) in [5.41, 5.74) is 2.24. The first-order valence-electron chi connectivity index (χ1n) is 9.45. The molecule has 1 aromatic heterocycles. The zero-order chi connectivity index (χ0) is 18.5. The molecule has 140 valence electrons. The molecule has 0 saturated carbocycles. The molecule has 0 spiro atoms. The van der Waals surface area contributed by atoms with Gasteiger partial charge in [-0.2, -0.15) is 0 Å². The van der Waals surface area contributed by atoms with E-state index in [4.69, 9.17) is 0 Å². The number of nitrogens with one attached hydrogen (secondary N) is 2. The summed E-state index contributed by atoms with van der Waals surface area (Å²) in [6.07, 6.45) is 2.46. The third-order valence-corrected chi connectivity index (χ3v) is 6.00. The van der Waals surface area contributed by atoms with Gasteiger partial charge in [0.15, 0.2) is 0 Å². The van der Waals surface area contributed by atoms with E-state index in [0.717, 1.165) is 28.3 Å². The number of likely N-dealkylation sites (tertiary alicyclic amines) is 1. The maximum Gasteiger partial charge on any atom is 0.315 e. The molecule has 5 nitrogen and oxygen atoms in total. The number of fused-ring (bicyclic) bond motifs is 1. The minimum absolute atomic E-state index is 0.144. The Bertz CT molecular complexity index is 856. The molecule has 27 heavy (non-hydrogen) atoms. The van der Waals surface area contributed by atoms with Gasteiger partial charge in [-0.25, -0.2) is 9.78 Å². The van der Waals surface area contributed by atoms with E-state index < -0.39 is 0 Å². The lowest BCUT2D eigenvalue weighted by Crippen LogP contribution is -2.41. The summed E-state index contributed by atoms with van der Waals surface area (Å²) in [7, 11) is 0. The monoisotopic (exact) mass is 380 g/mol. The molecular formula is C21H24N4OS. The summed E-state index contributed by atoms with van der Waals surface area (Å²) < 4.78 is 1.15. The van der Waals surface area contributed by atoms with E-state index in [2.05, 4.69) is 50.8 Å². The largest absolute Gasteiger partial charge is 0.336 e. The van der Waals surface area contributed by atoms with Crippen LogP contribution < -0.4 is 10.6 Å². The standard InChI is InChI=1S/C21H24N4OS/c26-21(23-15-20-24-17-10-4-5-11-19(17)27-20)22-14-18(25-12-6-7-13-25)16-8-2-1-3-9-16/h1-5,8-11,18H,6-7,12-15H2,(H2,22,23,26). The molecule has 6 heteroatoms. The average molecular weight is 381 g/mol. The number of aromatic nitrogens is 1. The maximum absolute atomic E-state index is 12.3. The highest BCUT2D eigenvalue weighted by Gasteiger charge is 2.23. The van der Waals surface area contributed by atoms with Gasteiger partial charge in [0.2, 0.25) is 0 Å². The van der Waals surface area contributed by atoms with Crippen molar-refractivity contribution in [2.75, 3.05) is 19.6 Å². The lowest BCUT2D eigenvalue weighted by Gasteiger charge is -2.28. The van der Waals surface area contributed by atoms with Gasteiger partial charge in [-0.15, -0.1) is 11.3 Å². The number of hydrogen-bond acceptors (Lipinski definition) is 4. The van der Waals surface area contributed by atoms with Crippen molar-refractivity contribution >= 4 is 27.6 Å². The summed E-state index contributed by atoms with van der Waals surface area (Å²) in [6, 6.07) is 18.6. The van der Waals surface area contributed by atoms with Gasteiger partial charge in [-0.1, -0.05) is 42.5 Å². The molecule has 1 atom stereocenters. The molecule has 2 N–H and O–H groups in total. The van der Waals surface area contributed by atoms with E-state index in [0.29, 0.717) is 13.1 Å². The summed E-state index contributed by atoms with van der Waals surface area (Å²) >= 11 is 1.62. The van der Waals surface area contributed by atoms with E-state index in [1.54, 1.807) is 11.3 Å². The quantitative estimate of drug-likeness (QED) is 0.681. The van der Waals surface area contributed by atoms with E-state index in [9.17, 15) is 4.79 Å². The second kappa shape index (κ2) is 8.50. The number of carbonyl (C=O) groups excluding carboxylic acids is 1. The molecule has 3 aromatic rings. The van der Waals surface area contributed by atoms with Crippen LogP contribution in [0.2, 0.25) is 0 Å². The second-order valence-corrected chi connectivity index (χ2v) is 7.92. The van der Waals surface area contributed by atoms with Gasteiger partial charge in [-0.3, -0.25) is 4.90 Å². The lowest BCUT2D eigenvalue weighted by atomic mass is 10.1. The van der Waals surface area contributed by atoms with Crippen LogP contribution in [-0.4, -0.2) is 35.5 Å². The van der Waals surface area contributed by atoms with E-state index in [-0.39, 0.29) is 12.1 Å². The van der Waals surface area contributed by atoms with Crippen LogP contribution in [0.1, 0.15) is 29.5 Å². The smallest absolute Gasteiger partial charge is 0.315 e. The van der Waals surface area contributed by atoms with Gasteiger partial charge >= 0.3 is 6.03 Å². The number of nitrogens with zero attached hydrogens (tertiary/aromatic N) is 2. The van der Waals surface area contributed by atoms with Gasteiger partial charge < -0.3 is 10.6 Å². The molecule has 2 aromatic carbocycles. The lowest BCUT2D eigenvalue weighted by molar-refractivity contribution is 0.220. The van der Waals surface area contributed by atoms with Crippen molar-refractivity contribution in [3.63, 3.8) is 0 Å². The van der Waals surface area contributed by atoms with Crippen LogP contribution in [0.15, 0.2) is 54.6 Å². The van der Waals surface area contributed by atoms with Crippen molar-refractivity contribution in [1.29, 1.82) is 0 Å². The fraction of sp³-hybridized carbons (Fsp3) is 0.333. The van der Waals surface area contributed by atoms with Crippen LogP contribution in [0.25, 0.3) is 10.2 Å². The molecule has 1 saturated heterocycles. The van der Waals surface area contributed by atoms with Crippen LogP contribution in [-0.2, 0) is 6.54 Å². The predicted molar refractivity (Wildman–Crippen MR) is 110 cm³/mol. The zero-order valence-electron chi connectivity index (χ0n) is 15.2. The SMILES string of the molecule is O=C(NCc1nc2ccccc2s1)NCC(c1ccccc1)N1CCCC1. The molecule has 4 rings (SSSR count). The van der Waals surface area contributed by atoms with E-state index in [1.807, 2.05) is 24.3 Å². The fourth-order valence-corrected chi connectivity index (χ4v) is 4.50. The second-order valence-electron chi connectivity index (χ2n) is 6.81.